The molecule has 3 rings (SSSR count). The fraction of sp³-hybridized carbons (Fsp3) is 0.143. The molecule has 0 aromatic heterocycles. The maximum absolute atomic E-state index is 14.6. The second kappa shape index (κ2) is 7.75. The highest BCUT2D eigenvalue weighted by Gasteiger charge is 2.39. The summed E-state index contributed by atoms with van der Waals surface area (Å²) in [6.45, 7) is 1.75. The third kappa shape index (κ3) is 3.40. The molecule has 5 nitrogen and oxygen atoms in total. The first kappa shape index (κ1) is 18.2. The summed E-state index contributed by atoms with van der Waals surface area (Å²) in [4.78, 5) is 12.5. The van der Waals surface area contributed by atoms with Gasteiger partial charge < -0.3 is 15.2 Å². The van der Waals surface area contributed by atoms with Crippen LogP contribution in [-0.4, -0.2) is 12.6 Å². The van der Waals surface area contributed by atoms with Gasteiger partial charge in [0.25, 0.3) is 0 Å². The lowest BCUT2D eigenvalue weighted by molar-refractivity contribution is -0.139. The first-order valence-corrected chi connectivity index (χ1v) is 8.37. The lowest BCUT2D eigenvalue weighted by atomic mass is 9.82. The van der Waals surface area contributed by atoms with Crippen molar-refractivity contribution in [3.63, 3.8) is 0 Å². The van der Waals surface area contributed by atoms with Crippen LogP contribution in [0.4, 0.5) is 4.39 Å². The summed E-state index contributed by atoms with van der Waals surface area (Å²) in [5.41, 5.74) is 6.77. The Kier molecular flexibility index (Phi) is 5.23. The minimum Gasteiger partial charge on any atom is -0.462 e. The van der Waals surface area contributed by atoms with Crippen molar-refractivity contribution in [2.45, 2.75) is 12.8 Å². The molecule has 0 bridgehead atoms. The molecule has 0 fully saturated rings. The van der Waals surface area contributed by atoms with Crippen LogP contribution in [0.3, 0.4) is 0 Å². The molecule has 0 saturated heterocycles. The molecule has 0 spiro atoms. The van der Waals surface area contributed by atoms with Gasteiger partial charge in [-0.25, -0.2) is 9.18 Å². The minimum absolute atomic E-state index is 0.0850. The monoisotopic (exact) mass is 364 g/mol. The van der Waals surface area contributed by atoms with Crippen molar-refractivity contribution in [2.24, 2.45) is 5.73 Å². The molecule has 0 amide bonds. The molecule has 1 heterocycles. The Hall–Kier alpha value is -3.59. The van der Waals surface area contributed by atoms with Crippen molar-refractivity contribution in [2.75, 3.05) is 6.61 Å². The number of allylic oxidation sites excluding steroid dienone is 1. The van der Waals surface area contributed by atoms with Crippen LogP contribution < -0.4 is 5.73 Å². The Morgan fingerprint density at radius 1 is 1.22 bits per heavy atom. The van der Waals surface area contributed by atoms with E-state index in [0.717, 1.165) is 0 Å². The molecule has 0 aliphatic carbocycles. The van der Waals surface area contributed by atoms with Crippen LogP contribution in [0.5, 0.6) is 0 Å². The van der Waals surface area contributed by atoms with E-state index in [9.17, 15) is 14.4 Å². The van der Waals surface area contributed by atoms with Crippen molar-refractivity contribution in [1.82, 2.24) is 0 Å². The summed E-state index contributed by atoms with van der Waals surface area (Å²) in [7, 11) is 0. The van der Waals surface area contributed by atoms with Crippen LogP contribution >= 0.6 is 0 Å². The van der Waals surface area contributed by atoms with Crippen LogP contribution in [0, 0.1) is 17.1 Å². The molecule has 0 unspecified atom stereocenters. The van der Waals surface area contributed by atoms with E-state index >= 15 is 0 Å². The Morgan fingerprint density at radius 2 is 1.89 bits per heavy atom. The molecular formula is C21H17FN2O3. The quantitative estimate of drug-likeness (QED) is 0.838. The average molecular weight is 364 g/mol. The zero-order chi connectivity index (χ0) is 19.4. The highest BCUT2D eigenvalue weighted by molar-refractivity contribution is 5.94. The average Bonchev–Trinajstić information content (AvgIpc) is 2.68. The molecule has 0 saturated carbocycles. The van der Waals surface area contributed by atoms with Gasteiger partial charge in [-0.3, -0.25) is 0 Å². The standard InChI is InChI=1S/C21H17FN2O3/c1-2-26-21(25)18-17(14-10-6-7-11-16(14)22)15(12-23)19(27-20(18)24)13-8-4-3-5-9-13/h3-11,17H,2,24H2,1H3/t17-/m1/s1. The van der Waals surface area contributed by atoms with E-state index in [0.29, 0.717) is 5.56 Å². The predicted molar refractivity (Wildman–Crippen MR) is 97.0 cm³/mol. The topological polar surface area (TPSA) is 85.3 Å². The maximum atomic E-state index is 14.6. The number of carbonyl (C=O) groups excluding carboxylic acids is 1. The fourth-order valence-corrected chi connectivity index (χ4v) is 3.00. The SMILES string of the molecule is CCOC(=O)C1=C(N)OC(c2ccccc2)=C(C#N)[C@H]1c1ccccc1F. The van der Waals surface area contributed by atoms with Gasteiger partial charge >= 0.3 is 5.97 Å². The number of rotatable bonds is 4. The molecule has 2 aromatic rings. The third-order valence-corrected chi connectivity index (χ3v) is 4.17. The van der Waals surface area contributed by atoms with Crippen LogP contribution in [0.2, 0.25) is 0 Å². The maximum Gasteiger partial charge on any atom is 0.340 e. The largest absolute Gasteiger partial charge is 0.462 e. The first-order chi connectivity index (χ1) is 13.1. The number of hydrogen-bond acceptors (Lipinski definition) is 5. The van der Waals surface area contributed by atoms with Gasteiger partial charge in [-0.05, 0) is 13.0 Å². The summed E-state index contributed by atoms with van der Waals surface area (Å²) in [6, 6.07) is 16.9. The van der Waals surface area contributed by atoms with Crippen molar-refractivity contribution in [1.29, 1.82) is 5.26 Å². The number of nitrogens with zero attached hydrogens (tertiary/aromatic N) is 1. The second-order valence-electron chi connectivity index (χ2n) is 5.78. The van der Waals surface area contributed by atoms with Gasteiger partial charge in [0, 0.05) is 11.1 Å². The number of hydrogen-bond donors (Lipinski definition) is 1. The number of nitrogens with two attached hydrogens (primary N) is 1. The predicted octanol–water partition coefficient (Wildman–Crippen LogP) is 3.61. The molecule has 1 atom stereocenters. The molecule has 136 valence electrons. The lowest BCUT2D eigenvalue weighted by Gasteiger charge is -2.28. The number of nitriles is 1. The van der Waals surface area contributed by atoms with Crippen molar-refractivity contribution >= 4 is 11.7 Å². The number of ether oxygens (including phenoxy) is 2. The molecule has 2 aromatic carbocycles. The van der Waals surface area contributed by atoms with Gasteiger partial charge in [0.2, 0.25) is 5.88 Å². The minimum atomic E-state index is -1.03. The molecule has 0 radical (unpaired) electrons. The third-order valence-electron chi connectivity index (χ3n) is 4.17. The molecular weight excluding hydrogens is 347 g/mol. The van der Waals surface area contributed by atoms with Gasteiger partial charge in [0.1, 0.15) is 11.4 Å². The highest BCUT2D eigenvalue weighted by atomic mass is 19.1. The molecule has 1 aliphatic heterocycles. The van der Waals surface area contributed by atoms with Crippen molar-refractivity contribution in [3.05, 3.63) is 88.6 Å². The molecule has 27 heavy (non-hydrogen) atoms. The van der Waals surface area contributed by atoms with Gasteiger partial charge in [0.05, 0.1) is 24.2 Å². The molecule has 1 aliphatic rings. The molecule has 6 heteroatoms. The number of esters is 1. The normalized spacial score (nSPS) is 16.6. The van der Waals surface area contributed by atoms with Crippen LogP contribution in [0.25, 0.3) is 5.76 Å². The van der Waals surface area contributed by atoms with E-state index in [1.807, 2.05) is 6.07 Å². The fourth-order valence-electron chi connectivity index (χ4n) is 3.00. The van der Waals surface area contributed by atoms with Gasteiger partial charge in [0.15, 0.2) is 5.76 Å². The summed E-state index contributed by atoms with van der Waals surface area (Å²) in [5, 5.41) is 9.84. The van der Waals surface area contributed by atoms with Crippen LogP contribution in [0.1, 0.15) is 24.0 Å². The zero-order valence-corrected chi connectivity index (χ0v) is 14.6. The summed E-state index contributed by atoms with van der Waals surface area (Å²) in [6.07, 6.45) is 0. The second-order valence-corrected chi connectivity index (χ2v) is 5.78. The van der Waals surface area contributed by atoms with Crippen LogP contribution in [0.15, 0.2) is 71.6 Å². The van der Waals surface area contributed by atoms with Gasteiger partial charge in [-0.2, -0.15) is 5.26 Å². The Morgan fingerprint density at radius 3 is 2.52 bits per heavy atom. The highest BCUT2D eigenvalue weighted by Crippen LogP contribution is 2.43. The zero-order valence-electron chi connectivity index (χ0n) is 14.6. The lowest BCUT2D eigenvalue weighted by Crippen LogP contribution is -2.27. The first-order valence-electron chi connectivity index (χ1n) is 8.37. The molecule has 2 N–H and O–H groups in total. The summed E-state index contributed by atoms with van der Waals surface area (Å²) in [5.74, 6) is -2.35. The van der Waals surface area contributed by atoms with Crippen LogP contribution in [-0.2, 0) is 14.3 Å². The number of halogens is 1. The van der Waals surface area contributed by atoms with Gasteiger partial charge in [-0.15, -0.1) is 0 Å². The van der Waals surface area contributed by atoms with Crippen molar-refractivity contribution < 1.29 is 18.7 Å². The number of carbonyl (C=O) groups is 1. The van der Waals surface area contributed by atoms with Crippen molar-refractivity contribution in [3.8, 4) is 6.07 Å². The Balaban J connectivity index is 2.26. The Bertz CT molecular complexity index is 974. The summed E-state index contributed by atoms with van der Waals surface area (Å²) >= 11 is 0. The van der Waals surface area contributed by atoms with E-state index < -0.39 is 17.7 Å². The van der Waals surface area contributed by atoms with E-state index in [2.05, 4.69) is 6.07 Å². The number of benzene rings is 2. The summed E-state index contributed by atoms with van der Waals surface area (Å²) < 4.78 is 25.3. The van der Waals surface area contributed by atoms with E-state index in [4.69, 9.17) is 15.2 Å². The van der Waals surface area contributed by atoms with E-state index in [1.165, 1.54) is 18.2 Å². The smallest absolute Gasteiger partial charge is 0.340 e. The van der Waals surface area contributed by atoms with E-state index in [1.54, 1.807) is 37.3 Å². The Labute approximate surface area is 156 Å². The van der Waals surface area contributed by atoms with Gasteiger partial charge in [-0.1, -0.05) is 48.5 Å². The van der Waals surface area contributed by atoms with E-state index in [-0.39, 0.29) is 35.0 Å².